The van der Waals surface area contributed by atoms with Crippen molar-refractivity contribution in [1.29, 1.82) is 0 Å². The molecule has 4 heteroatoms. The minimum Gasteiger partial charge on any atom is -0.329 e. The topological polar surface area (TPSA) is 56.7 Å². The summed E-state index contributed by atoms with van der Waals surface area (Å²) in [6.07, 6.45) is 2.09. The third-order valence-electron chi connectivity index (χ3n) is 1.84. The van der Waals surface area contributed by atoms with E-state index in [0.29, 0.717) is 6.54 Å². The molecule has 0 aromatic carbocycles. The molecule has 68 valence electrons. The van der Waals surface area contributed by atoms with E-state index in [4.69, 9.17) is 5.73 Å². The van der Waals surface area contributed by atoms with E-state index in [1.165, 1.54) is 0 Å². The van der Waals surface area contributed by atoms with Gasteiger partial charge in [-0.3, -0.25) is 0 Å². The molecular weight excluding hydrogens is 152 g/mol. The predicted molar refractivity (Wildman–Crippen MR) is 47.8 cm³/mol. The lowest BCUT2D eigenvalue weighted by Crippen LogP contribution is -2.13. The van der Waals surface area contributed by atoms with E-state index in [2.05, 4.69) is 21.7 Å². The summed E-state index contributed by atoms with van der Waals surface area (Å²) in [6.45, 7) is 5.57. The molecule has 1 aromatic rings. The Labute approximate surface area is 72.8 Å². The number of aryl methyl sites for hydroxylation is 2. The number of hydrogen-bond acceptors (Lipinski definition) is 3. The van der Waals surface area contributed by atoms with Crippen LogP contribution in [0.3, 0.4) is 0 Å². The Morgan fingerprint density at radius 3 is 2.75 bits per heavy atom. The van der Waals surface area contributed by atoms with Crippen LogP contribution >= 0.6 is 0 Å². The molecule has 1 rings (SSSR count). The van der Waals surface area contributed by atoms with Crippen LogP contribution in [0, 0.1) is 6.92 Å². The van der Waals surface area contributed by atoms with Crippen LogP contribution in [0.25, 0.3) is 0 Å². The van der Waals surface area contributed by atoms with Crippen LogP contribution < -0.4 is 5.73 Å². The third kappa shape index (κ3) is 1.82. The van der Waals surface area contributed by atoms with Crippen molar-refractivity contribution in [2.24, 2.45) is 5.73 Å². The minimum atomic E-state index is 0.648. The first kappa shape index (κ1) is 9.19. The van der Waals surface area contributed by atoms with Crippen molar-refractivity contribution < 1.29 is 0 Å². The smallest absolute Gasteiger partial charge is 0.133 e. The van der Waals surface area contributed by atoms with Gasteiger partial charge in [0.25, 0.3) is 0 Å². The summed E-state index contributed by atoms with van der Waals surface area (Å²) in [5.41, 5.74) is 5.48. The van der Waals surface area contributed by atoms with Crippen molar-refractivity contribution in [2.75, 3.05) is 6.54 Å². The van der Waals surface area contributed by atoms with Crippen LogP contribution in [0.2, 0.25) is 0 Å². The lowest BCUT2D eigenvalue weighted by molar-refractivity contribution is 0.636. The highest BCUT2D eigenvalue weighted by Crippen LogP contribution is 2.02. The van der Waals surface area contributed by atoms with Crippen LogP contribution in [0.5, 0.6) is 0 Å². The van der Waals surface area contributed by atoms with E-state index in [0.717, 1.165) is 31.0 Å². The van der Waals surface area contributed by atoms with Crippen LogP contribution in [-0.2, 0) is 13.0 Å². The molecule has 0 aliphatic heterocycles. The molecule has 0 aliphatic rings. The van der Waals surface area contributed by atoms with Gasteiger partial charge < -0.3 is 10.3 Å². The minimum absolute atomic E-state index is 0.648. The Kier molecular flexibility index (Phi) is 3.22. The Balaban J connectivity index is 2.80. The Morgan fingerprint density at radius 1 is 1.42 bits per heavy atom. The molecule has 0 bridgehead atoms. The van der Waals surface area contributed by atoms with Crippen molar-refractivity contribution in [3.8, 4) is 0 Å². The van der Waals surface area contributed by atoms with Gasteiger partial charge in [-0.2, -0.15) is 0 Å². The lowest BCUT2D eigenvalue weighted by Gasteiger charge is -2.04. The summed E-state index contributed by atoms with van der Waals surface area (Å²) in [7, 11) is 0. The van der Waals surface area contributed by atoms with Gasteiger partial charge in [0.1, 0.15) is 11.6 Å². The Hall–Kier alpha value is -0.900. The van der Waals surface area contributed by atoms with Gasteiger partial charge in [0.15, 0.2) is 0 Å². The van der Waals surface area contributed by atoms with E-state index in [1.54, 1.807) is 0 Å². The molecule has 12 heavy (non-hydrogen) atoms. The highest BCUT2D eigenvalue weighted by atomic mass is 15.3. The number of nitrogens with zero attached hydrogens (tertiary/aromatic N) is 3. The molecule has 0 fully saturated rings. The second-order valence-corrected chi connectivity index (χ2v) is 2.85. The molecule has 0 saturated carbocycles. The summed E-state index contributed by atoms with van der Waals surface area (Å²) in [4.78, 5) is 0. The molecule has 0 unspecified atom stereocenters. The zero-order valence-electron chi connectivity index (χ0n) is 7.75. The van der Waals surface area contributed by atoms with Gasteiger partial charge >= 0.3 is 0 Å². The van der Waals surface area contributed by atoms with Gasteiger partial charge in [0, 0.05) is 19.5 Å². The maximum absolute atomic E-state index is 5.48. The zero-order valence-corrected chi connectivity index (χ0v) is 7.75. The normalized spacial score (nSPS) is 10.6. The van der Waals surface area contributed by atoms with Gasteiger partial charge in [-0.25, -0.2) is 0 Å². The molecule has 1 heterocycles. The van der Waals surface area contributed by atoms with Gasteiger partial charge in [-0.15, -0.1) is 10.2 Å². The van der Waals surface area contributed by atoms with E-state index >= 15 is 0 Å². The average Bonchev–Trinajstić information content (AvgIpc) is 2.37. The predicted octanol–water partition coefficient (Wildman–Crippen LogP) is 0.498. The largest absolute Gasteiger partial charge is 0.329 e. The first-order valence-corrected chi connectivity index (χ1v) is 4.38. The summed E-state index contributed by atoms with van der Waals surface area (Å²) >= 11 is 0. The summed E-state index contributed by atoms with van der Waals surface area (Å²) in [5, 5.41) is 8.09. The molecule has 0 aliphatic carbocycles. The molecule has 0 saturated heterocycles. The maximum Gasteiger partial charge on any atom is 0.133 e. The van der Waals surface area contributed by atoms with Gasteiger partial charge in [0.2, 0.25) is 0 Å². The summed E-state index contributed by atoms with van der Waals surface area (Å²) < 4.78 is 2.09. The van der Waals surface area contributed by atoms with Gasteiger partial charge in [-0.1, -0.05) is 6.92 Å². The van der Waals surface area contributed by atoms with E-state index in [-0.39, 0.29) is 0 Å². The fraction of sp³-hybridized carbons (Fsp3) is 0.750. The SMILES string of the molecule is CCCc1nnc(C)n1CCN. The van der Waals surface area contributed by atoms with Gasteiger partial charge in [-0.05, 0) is 13.3 Å². The molecular formula is C8H16N4. The monoisotopic (exact) mass is 168 g/mol. The first-order valence-electron chi connectivity index (χ1n) is 4.38. The number of nitrogens with two attached hydrogens (primary N) is 1. The third-order valence-corrected chi connectivity index (χ3v) is 1.84. The highest BCUT2D eigenvalue weighted by Gasteiger charge is 2.05. The molecule has 4 nitrogen and oxygen atoms in total. The fourth-order valence-corrected chi connectivity index (χ4v) is 1.25. The highest BCUT2D eigenvalue weighted by molar-refractivity contribution is 4.93. The van der Waals surface area contributed by atoms with Crippen molar-refractivity contribution in [2.45, 2.75) is 33.2 Å². The van der Waals surface area contributed by atoms with Crippen molar-refractivity contribution in [3.63, 3.8) is 0 Å². The van der Waals surface area contributed by atoms with Crippen molar-refractivity contribution >= 4 is 0 Å². The molecule has 2 N–H and O–H groups in total. The van der Waals surface area contributed by atoms with E-state index in [9.17, 15) is 0 Å². The van der Waals surface area contributed by atoms with E-state index in [1.807, 2.05) is 6.92 Å². The quantitative estimate of drug-likeness (QED) is 0.712. The Morgan fingerprint density at radius 2 is 2.17 bits per heavy atom. The maximum atomic E-state index is 5.48. The second kappa shape index (κ2) is 4.21. The lowest BCUT2D eigenvalue weighted by atomic mass is 10.3. The molecule has 0 radical (unpaired) electrons. The fourth-order valence-electron chi connectivity index (χ4n) is 1.25. The van der Waals surface area contributed by atoms with Crippen LogP contribution in [-0.4, -0.2) is 21.3 Å². The van der Waals surface area contributed by atoms with Gasteiger partial charge in [0.05, 0.1) is 0 Å². The number of rotatable bonds is 4. The van der Waals surface area contributed by atoms with Crippen LogP contribution in [0.4, 0.5) is 0 Å². The molecule has 1 aromatic heterocycles. The van der Waals surface area contributed by atoms with Crippen molar-refractivity contribution in [1.82, 2.24) is 14.8 Å². The van der Waals surface area contributed by atoms with Crippen LogP contribution in [0.15, 0.2) is 0 Å². The zero-order chi connectivity index (χ0) is 8.97. The Bertz CT molecular complexity index is 241. The van der Waals surface area contributed by atoms with Crippen LogP contribution in [0.1, 0.15) is 25.0 Å². The number of hydrogen-bond donors (Lipinski definition) is 1. The summed E-state index contributed by atoms with van der Waals surface area (Å²) in [6, 6.07) is 0. The average molecular weight is 168 g/mol. The standard InChI is InChI=1S/C8H16N4/c1-3-4-8-11-10-7(2)12(8)6-5-9/h3-6,9H2,1-2H3. The number of aromatic nitrogens is 3. The molecule has 0 amide bonds. The second-order valence-electron chi connectivity index (χ2n) is 2.85. The molecule has 0 atom stereocenters. The van der Waals surface area contributed by atoms with Crippen molar-refractivity contribution in [3.05, 3.63) is 11.6 Å². The van der Waals surface area contributed by atoms with E-state index < -0.39 is 0 Å². The summed E-state index contributed by atoms with van der Waals surface area (Å²) in [5.74, 6) is 2.02. The first-order chi connectivity index (χ1) is 5.79. The molecule has 0 spiro atoms.